The number of hydrogen-bond donors (Lipinski definition) is 1. The monoisotopic (exact) mass is 279 g/mol. The maximum absolute atomic E-state index is 10.7. The molecule has 0 saturated carbocycles. The van der Waals surface area contributed by atoms with Gasteiger partial charge in [-0.25, -0.2) is 4.98 Å². The van der Waals surface area contributed by atoms with Gasteiger partial charge in [0.25, 0.3) is 5.69 Å². The standard InChI is InChI=1S/C12H10ClN3O3/c1-7-4-10(14)12(15-6-7)19-11-5-8(16(17)18)2-3-9(11)13/h2-6H,14H2,1H3. The van der Waals surface area contributed by atoms with E-state index in [4.69, 9.17) is 22.1 Å². The van der Waals surface area contributed by atoms with E-state index in [0.29, 0.717) is 5.69 Å². The lowest BCUT2D eigenvalue weighted by Crippen LogP contribution is -1.97. The maximum atomic E-state index is 10.7. The number of benzene rings is 1. The number of aromatic nitrogens is 1. The first-order valence-corrected chi connectivity index (χ1v) is 5.69. The minimum absolute atomic E-state index is 0.120. The molecule has 1 heterocycles. The van der Waals surface area contributed by atoms with Gasteiger partial charge in [-0.2, -0.15) is 0 Å². The van der Waals surface area contributed by atoms with Crippen molar-refractivity contribution in [3.05, 3.63) is 51.2 Å². The van der Waals surface area contributed by atoms with Crippen molar-refractivity contribution in [2.75, 3.05) is 5.73 Å². The van der Waals surface area contributed by atoms with Gasteiger partial charge in [-0.05, 0) is 24.6 Å². The summed E-state index contributed by atoms with van der Waals surface area (Å²) in [5, 5.41) is 10.9. The smallest absolute Gasteiger partial charge is 0.273 e. The van der Waals surface area contributed by atoms with Crippen molar-refractivity contribution in [1.29, 1.82) is 0 Å². The van der Waals surface area contributed by atoms with Crippen molar-refractivity contribution in [2.45, 2.75) is 6.92 Å². The molecule has 0 atom stereocenters. The molecule has 0 bridgehead atoms. The Kier molecular flexibility index (Phi) is 3.52. The van der Waals surface area contributed by atoms with Crippen LogP contribution in [0.15, 0.2) is 30.5 Å². The molecule has 0 aliphatic heterocycles. The van der Waals surface area contributed by atoms with Gasteiger partial charge in [0.05, 0.1) is 21.7 Å². The Hall–Kier alpha value is -2.34. The number of nitrogens with zero attached hydrogens (tertiary/aromatic N) is 2. The van der Waals surface area contributed by atoms with Crippen LogP contribution in [0.3, 0.4) is 0 Å². The molecule has 2 aromatic rings. The number of nitrogens with two attached hydrogens (primary N) is 1. The molecule has 0 aliphatic rings. The molecule has 0 spiro atoms. The minimum atomic E-state index is -0.533. The molecule has 0 saturated heterocycles. The van der Waals surface area contributed by atoms with E-state index in [-0.39, 0.29) is 22.3 Å². The molecule has 0 fully saturated rings. The molecular formula is C12H10ClN3O3. The number of rotatable bonds is 3. The molecule has 2 rings (SSSR count). The van der Waals surface area contributed by atoms with Gasteiger partial charge in [0, 0.05) is 12.3 Å². The van der Waals surface area contributed by atoms with Crippen LogP contribution >= 0.6 is 11.6 Å². The van der Waals surface area contributed by atoms with E-state index in [9.17, 15) is 10.1 Å². The first-order chi connectivity index (χ1) is 8.97. The molecule has 0 unspecified atom stereocenters. The third kappa shape index (κ3) is 2.92. The van der Waals surface area contributed by atoms with Crippen molar-refractivity contribution in [1.82, 2.24) is 4.98 Å². The lowest BCUT2D eigenvalue weighted by Gasteiger charge is -2.08. The summed E-state index contributed by atoms with van der Waals surface area (Å²) in [5.74, 6) is 0.298. The molecule has 6 nitrogen and oxygen atoms in total. The van der Waals surface area contributed by atoms with Crippen LogP contribution < -0.4 is 10.5 Å². The average molecular weight is 280 g/mol. The second kappa shape index (κ2) is 5.11. The van der Waals surface area contributed by atoms with E-state index < -0.39 is 4.92 Å². The van der Waals surface area contributed by atoms with Gasteiger partial charge in [0.1, 0.15) is 0 Å². The van der Waals surface area contributed by atoms with E-state index in [1.807, 2.05) is 6.92 Å². The van der Waals surface area contributed by atoms with Gasteiger partial charge in [-0.15, -0.1) is 0 Å². The summed E-state index contributed by atoms with van der Waals surface area (Å²) in [6.45, 7) is 1.84. The lowest BCUT2D eigenvalue weighted by atomic mass is 10.3. The zero-order valence-electron chi connectivity index (χ0n) is 9.96. The van der Waals surface area contributed by atoms with E-state index in [1.54, 1.807) is 12.3 Å². The number of ether oxygens (including phenoxy) is 1. The molecule has 0 aliphatic carbocycles. The zero-order chi connectivity index (χ0) is 14.0. The Morgan fingerprint density at radius 3 is 2.79 bits per heavy atom. The van der Waals surface area contributed by atoms with E-state index in [2.05, 4.69) is 4.98 Å². The molecule has 0 radical (unpaired) electrons. The molecule has 0 amide bonds. The van der Waals surface area contributed by atoms with Gasteiger partial charge < -0.3 is 10.5 Å². The normalized spacial score (nSPS) is 10.2. The molecule has 19 heavy (non-hydrogen) atoms. The number of hydrogen-bond acceptors (Lipinski definition) is 5. The maximum Gasteiger partial charge on any atom is 0.273 e. The average Bonchev–Trinajstić information content (AvgIpc) is 2.34. The number of anilines is 1. The Bertz CT molecular complexity index is 646. The van der Waals surface area contributed by atoms with Crippen LogP contribution in [-0.2, 0) is 0 Å². The Morgan fingerprint density at radius 1 is 1.42 bits per heavy atom. The van der Waals surface area contributed by atoms with Gasteiger partial charge in [0.15, 0.2) is 5.75 Å². The SMILES string of the molecule is Cc1cnc(Oc2cc([N+](=O)[O-])ccc2Cl)c(N)c1. The molecule has 98 valence electrons. The quantitative estimate of drug-likeness (QED) is 0.687. The summed E-state index contributed by atoms with van der Waals surface area (Å²) >= 11 is 5.92. The fraction of sp³-hybridized carbons (Fsp3) is 0.0833. The van der Waals surface area contributed by atoms with Crippen molar-refractivity contribution in [3.63, 3.8) is 0 Å². The number of nitro groups is 1. The van der Waals surface area contributed by atoms with Gasteiger partial charge in [0.2, 0.25) is 5.88 Å². The fourth-order valence-electron chi connectivity index (χ4n) is 1.45. The van der Waals surface area contributed by atoms with Crippen LogP contribution in [0.25, 0.3) is 0 Å². The second-order valence-corrected chi connectivity index (χ2v) is 4.29. The Morgan fingerprint density at radius 2 is 2.16 bits per heavy atom. The van der Waals surface area contributed by atoms with E-state index in [1.165, 1.54) is 18.2 Å². The zero-order valence-corrected chi connectivity index (χ0v) is 10.7. The molecule has 2 N–H and O–H groups in total. The highest BCUT2D eigenvalue weighted by molar-refractivity contribution is 6.32. The third-order valence-corrected chi connectivity index (χ3v) is 2.66. The highest BCUT2D eigenvalue weighted by Crippen LogP contribution is 2.33. The third-order valence-electron chi connectivity index (χ3n) is 2.35. The highest BCUT2D eigenvalue weighted by Gasteiger charge is 2.13. The first-order valence-electron chi connectivity index (χ1n) is 5.31. The van der Waals surface area contributed by atoms with Crippen molar-refractivity contribution >= 4 is 23.0 Å². The van der Waals surface area contributed by atoms with Gasteiger partial charge in [-0.3, -0.25) is 10.1 Å². The van der Waals surface area contributed by atoms with Crippen LogP contribution in [-0.4, -0.2) is 9.91 Å². The van der Waals surface area contributed by atoms with Crippen LogP contribution in [0.2, 0.25) is 5.02 Å². The topological polar surface area (TPSA) is 91.3 Å². The van der Waals surface area contributed by atoms with Crippen molar-refractivity contribution in [3.8, 4) is 11.6 Å². The van der Waals surface area contributed by atoms with Crippen LogP contribution in [0.4, 0.5) is 11.4 Å². The predicted molar refractivity (Wildman–Crippen MR) is 71.6 cm³/mol. The Balaban J connectivity index is 2.37. The van der Waals surface area contributed by atoms with Crippen LogP contribution in [0.1, 0.15) is 5.56 Å². The van der Waals surface area contributed by atoms with Gasteiger partial charge >= 0.3 is 0 Å². The molecule has 1 aromatic carbocycles. The summed E-state index contributed by atoms with van der Waals surface area (Å²) in [6, 6.07) is 5.59. The van der Waals surface area contributed by atoms with E-state index >= 15 is 0 Å². The number of aryl methyl sites for hydroxylation is 1. The van der Waals surface area contributed by atoms with Crippen LogP contribution in [0, 0.1) is 17.0 Å². The van der Waals surface area contributed by atoms with Crippen molar-refractivity contribution in [2.24, 2.45) is 0 Å². The lowest BCUT2D eigenvalue weighted by molar-refractivity contribution is -0.384. The minimum Gasteiger partial charge on any atom is -0.435 e. The number of halogens is 1. The number of nitrogen functional groups attached to an aromatic ring is 1. The van der Waals surface area contributed by atoms with Gasteiger partial charge in [-0.1, -0.05) is 11.6 Å². The Labute approximate surface area is 113 Å². The second-order valence-electron chi connectivity index (χ2n) is 3.88. The van der Waals surface area contributed by atoms with Crippen LogP contribution in [0.5, 0.6) is 11.6 Å². The first kappa shape index (κ1) is 13.1. The van der Waals surface area contributed by atoms with E-state index in [0.717, 1.165) is 5.56 Å². The highest BCUT2D eigenvalue weighted by atomic mass is 35.5. The molecule has 7 heteroatoms. The summed E-state index contributed by atoms with van der Waals surface area (Å²) in [4.78, 5) is 14.2. The summed E-state index contributed by atoms with van der Waals surface area (Å²) in [6.07, 6.45) is 1.58. The largest absolute Gasteiger partial charge is 0.435 e. The molecule has 1 aromatic heterocycles. The summed E-state index contributed by atoms with van der Waals surface area (Å²) < 4.78 is 5.41. The molecular weight excluding hydrogens is 270 g/mol. The number of nitro benzene ring substituents is 1. The number of non-ortho nitro benzene ring substituents is 1. The number of pyridine rings is 1. The summed E-state index contributed by atoms with van der Waals surface area (Å²) in [5.41, 5.74) is 6.85. The summed E-state index contributed by atoms with van der Waals surface area (Å²) in [7, 11) is 0. The van der Waals surface area contributed by atoms with Crippen molar-refractivity contribution < 1.29 is 9.66 Å². The predicted octanol–water partition coefficient (Wildman–Crippen LogP) is 3.33. The fourth-order valence-corrected chi connectivity index (χ4v) is 1.61.